The molecule has 4 rings (SSSR count). The summed E-state index contributed by atoms with van der Waals surface area (Å²) in [6.45, 7) is 0. The van der Waals surface area contributed by atoms with Crippen LogP contribution >= 0.6 is 11.6 Å². The van der Waals surface area contributed by atoms with Gasteiger partial charge in [0.25, 0.3) is 5.91 Å². The summed E-state index contributed by atoms with van der Waals surface area (Å²) >= 11 is 5.93. The van der Waals surface area contributed by atoms with Gasteiger partial charge in [-0.3, -0.25) is 9.59 Å². The maximum Gasteiger partial charge on any atom is 0.251 e. The van der Waals surface area contributed by atoms with Crippen molar-refractivity contribution < 1.29 is 14.7 Å². The molecule has 1 fully saturated rings. The molecule has 1 unspecified atom stereocenters. The van der Waals surface area contributed by atoms with E-state index in [0.29, 0.717) is 21.8 Å². The third-order valence-electron chi connectivity index (χ3n) is 5.68. The van der Waals surface area contributed by atoms with Crippen molar-refractivity contribution in [3.05, 3.63) is 70.3 Å². The molecule has 0 saturated heterocycles. The van der Waals surface area contributed by atoms with E-state index in [1.165, 1.54) is 11.6 Å². The van der Waals surface area contributed by atoms with Gasteiger partial charge in [-0.2, -0.15) is 0 Å². The lowest BCUT2D eigenvalue weighted by Gasteiger charge is -2.34. The summed E-state index contributed by atoms with van der Waals surface area (Å²) in [6, 6.07) is 11.5. The van der Waals surface area contributed by atoms with Crippen molar-refractivity contribution in [1.82, 2.24) is 5.32 Å². The molecule has 0 aliphatic heterocycles. The second-order valence-electron chi connectivity index (χ2n) is 7.91. The molecule has 5 nitrogen and oxygen atoms in total. The number of amides is 2. The molecule has 2 aromatic carbocycles. The number of phenols is 1. The van der Waals surface area contributed by atoms with E-state index in [4.69, 9.17) is 11.6 Å². The van der Waals surface area contributed by atoms with Gasteiger partial charge >= 0.3 is 0 Å². The largest absolute Gasteiger partial charge is 0.508 e. The molecule has 29 heavy (non-hydrogen) atoms. The number of nitrogens with one attached hydrogen (secondary N) is 2. The predicted octanol–water partition coefficient (Wildman–Crippen LogP) is 4.60. The van der Waals surface area contributed by atoms with Crippen LogP contribution in [0, 0.1) is 0 Å². The van der Waals surface area contributed by atoms with Crippen LogP contribution in [0.4, 0.5) is 5.69 Å². The zero-order valence-corrected chi connectivity index (χ0v) is 16.8. The summed E-state index contributed by atoms with van der Waals surface area (Å²) in [6.07, 6.45) is 7.33. The fraction of sp³-hybridized carbons (Fsp3) is 0.304. The molecule has 1 atom stereocenters. The van der Waals surface area contributed by atoms with Gasteiger partial charge in [0.1, 0.15) is 5.75 Å². The van der Waals surface area contributed by atoms with Crippen LogP contribution in [0.15, 0.2) is 54.1 Å². The number of fused-ring (bicyclic) bond motifs is 2. The molecule has 2 bridgehead atoms. The lowest BCUT2D eigenvalue weighted by molar-refractivity contribution is -0.115. The van der Waals surface area contributed by atoms with Crippen LogP contribution in [0.2, 0.25) is 5.02 Å². The molecule has 2 amide bonds. The summed E-state index contributed by atoms with van der Waals surface area (Å²) in [4.78, 5) is 25.2. The van der Waals surface area contributed by atoms with Crippen molar-refractivity contribution in [1.29, 1.82) is 0 Å². The van der Waals surface area contributed by atoms with Crippen LogP contribution in [-0.2, 0) is 11.2 Å². The van der Waals surface area contributed by atoms with Crippen LogP contribution in [0.1, 0.15) is 48.0 Å². The molecule has 0 aromatic heterocycles. The quantitative estimate of drug-likeness (QED) is 0.630. The average molecular weight is 411 g/mol. The van der Waals surface area contributed by atoms with Crippen LogP contribution in [0.5, 0.6) is 5.75 Å². The first-order valence-corrected chi connectivity index (χ1v) is 10.2. The first-order chi connectivity index (χ1) is 13.9. The van der Waals surface area contributed by atoms with Crippen molar-refractivity contribution >= 4 is 29.1 Å². The molecule has 2 aromatic rings. The smallest absolute Gasteiger partial charge is 0.251 e. The number of hydrogen-bond acceptors (Lipinski definition) is 3. The van der Waals surface area contributed by atoms with Gasteiger partial charge in [-0.1, -0.05) is 29.3 Å². The SMILES string of the molecule is O=C(Cc1cc(Cl)ccc1O)Nc1cccc(C(=O)NC23CC=C(CCC2)C3)c1. The summed E-state index contributed by atoms with van der Waals surface area (Å²) in [5, 5.41) is 16.3. The van der Waals surface area contributed by atoms with E-state index in [1.54, 1.807) is 36.4 Å². The maximum absolute atomic E-state index is 12.8. The Labute approximate surface area is 174 Å². The van der Waals surface area contributed by atoms with Crippen LogP contribution < -0.4 is 10.6 Å². The molecule has 0 radical (unpaired) electrons. The highest BCUT2D eigenvalue weighted by atomic mass is 35.5. The summed E-state index contributed by atoms with van der Waals surface area (Å²) < 4.78 is 0. The first-order valence-electron chi connectivity index (χ1n) is 9.80. The Bertz CT molecular complexity index is 1000. The minimum atomic E-state index is -0.296. The Morgan fingerprint density at radius 2 is 2.03 bits per heavy atom. The standard InChI is InChI=1S/C23H23ClN2O3/c24-18-6-7-20(27)17(11-18)13-21(28)25-19-5-1-4-16(12-19)22(29)26-23-9-2-3-15(14-23)8-10-23/h1,4-8,11-12,27H,2-3,9-10,13-14H2,(H,25,28)(H,26,29). The minimum absolute atomic E-state index is 0.0135. The van der Waals surface area contributed by atoms with Crippen molar-refractivity contribution in [3.63, 3.8) is 0 Å². The second kappa shape index (κ2) is 7.91. The first kappa shape index (κ1) is 19.5. The molecule has 0 heterocycles. The third kappa shape index (κ3) is 4.46. The third-order valence-corrected chi connectivity index (χ3v) is 5.92. The van der Waals surface area contributed by atoms with Gasteiger partial charge in [-0.25, -0.2) is 0 Å². The lowest BCUT2D eigenvalue weighted by Crippen LogP contribution is -2.47. The van der Waals surface area contributed by atoms with Gasteiger partial charge in [0.05, 0.1) is 6.42 Å². The van der Waals surface area contributed by atoms with Crippen molar-refractivity contribution in [2.75, 3.05) is 5.32 Å². The average Bonchev–Trinajstić information content (AvgIpc) is 2.98. The fourth-order valence-corrected chi connectivity index (χ4v) is 4.43. The van der Waals surface area contributed by atoms with Gasteiger partial charge < -0.3 is 15.7 Å². The number of halogens is 1. The molecule has 2 aliphatic carbocycles. The highest BCUT2D eigenvalue weighted by Crippen LogP contribution is 2.41. The summed E-state index contributed by atoms with van der Waals surface area (Å²) in [7, 11) is 0. The van der Waals surface area contributed by atoms with Gasteiger partial charge in [0.2, 0.25) is 5.91 Å². The van der Waals surface area contributed by atoms with Crippen molar-refractivity contribution in [2.45, 2.75) is 44.1 Å². The van der Waals surface area contributed by atoms with E-state index in [2.05, 4.69) is 16.7 Å². The van der Waals surface area contributed by atoms with E-state index in [9.17, 15) is 14.7 Å². The van der Waals surface area contributed by atoms with Crippen molar-refractivity contribution in [3.8, 4) is 5.75 Å². The van der Waals surface area contributed by atoms with Crippen LogP contribution in [0.3, 0.4) is 0 Å². The highest BCUT2D eigenvalue weighted by Gasteiger charge is 2.38. The molecular weight excluding hydrogens is 388 g/mol. The Hall–Kier alpha value is -2.79. The van der Waals surface area contributed by atoms with Crippen molar-refractivity contribution in [2.24, 2.45) is 0 Å². The van der Waals surface area contributed by atoms with Crippen LogP contribution in [-0.4, -0.2) is 22.5 Å². The highest BCUT2D eigenvalue weighted by molar-refractivity contribution is 6.30. The van der Waals surface area contributed by atoms with Gasteiger partial charge in [0.15, 0.2) is 0 Å². The number of anilines is 1. The molecule has 1 saturated carbocycles. The lowest BCUT2D eigenvalue weighted by atomic mass is 9.83. The predicted molar refractivity (Wildman–Crippen MR) is 113 cm³/mol. The summed E-state index contributed by atoms with van der Waals surface area (Å²) in [5.74, 6) is -0.394. The Balaban J connectivity index is 1.41. The number of carbonyl (C=O) groups excluding carboxylic acids is 2. The molecule has 150 valence electrons. The summed E-state index contributed by atoms with van der Waals surface area (Å²) in [5.41, 5.74) is 2.80. The fourth-order valence-electron chi connectivity index (χ4n) is 4.24. The molecule has 0 spiro atoms. The Kier molecular flexibility index (Phi) is 5.33. The Morgan fingerprint density at radius 3 is 2.90 bits per heavy atom. The minimum Gasteiger partial charge on any atom is -0.508 e. The normalized spacial score (nSPS) is 20.1. The van der Waals surface area contributed by atoms with E-state index >= 15 is 0 Å². The number of benzene rings is 2. The number of carbonyl (C=O) groups is 2. The Morgan fingerprint density at radius 1 is 1.17 bits per heavy atom. The monoisotopic (exact) mass is 410 g/mol. The van der Waals surface area contributed by atoms with E-state index in [-0.39, 0.29) is 29.5 Å². The number of aromatic hydroxyl groups is 1. The molecule has 2 aliphatic rings. The zero-order chi connectivity index (χ0) is 20.4. The maximum atomic E-state index is 12.8. The van der Waals surface area contributed by atoms with Gasteiger partial charge in [0, 0.05) is 27.4 Å². The van der Waals surface area contributed by atoms with E-state index < -0.39 is 0 Å². The second-order valence-corrected chi connectivity index (χ2v) is 8.35. The molecule has 3 N–H and O–H groups in total. The molecular formula is C23H23ClN2O3. The van der Waals surface area contributed by atoms with Gasteiger partial charge in [-0.05, 0) is 68.5 Å². The number of hydrogen-bond donors (Lipinski definition) is 3. The van der Waals surface area contributed by atoms with E-state index in [0.717, 1.165) is 32.1 Å². The zero-order valence-electron chi connectivity index (χ0n) is 16.0. The molecule has 6 heteroatoms. The number of rotatable bonds is 5. The van der Waals surface area contributed by atoms with Gasteiger partial charge in [-0.15, -0.1) is 0 Å². The van der Waals surface area contributed by atoms with Crippen LogP contribution in [0.25, 0.3) is 0 Å². The van der Waals surface area contributed by atoms with E-state index in [1.807, 2.05) is 0 Å². The topological polar surface area (TPSA) is 78.4 Å². The number of phenolic OH excluding ortho intramolecular Hbond substituents is 1.